The molecule has 2 N–H and O–H groups in total. The van der Waals surface area contributed by atoms with Gasteiger partial charge in [-0.3, -0.25) is 0 Å². The summed E-state index contributed by atoms with van der Waals surface area (Å²) in [6.07, 6.45) is 2.14. The van der Waals surface area contributed by atoms with Crippen LogP contribution in [0.3, 0.4) is 0 Å². The zero-order chi connectivity index (χ0) is 9.56. The van der Waals surface area contributed by atoms with Crippen LogP contribution in [0.15, 0.2) is 0 Å². The minimum absolute atomic E-state index is 0.317. The molecular weight excluding hydrogens is 168 g/mol. The van der Waals surface area contributed by atoms with Crippen LogP contribution in [0.2, 0.25) is 0 Å². The molecule has 1 unspecified atom stereocenters. The van der Waals surface area contributed by atoms with Crippen LogP contribution in [0.5, 0.6) is 0 Å². The van der Waals surface area contributed by atoms with Crippen LogP contribution < -0.4 is 5.73 Å². The van der Waals surface area contributed by atoms with Gasteiger partial charge in [0.1, 0.15) is 0 Å². The van der Waals surface area contributed by atoms with Crippen molar-refractivity contribution in [3.8, 4) is 0 Å². The van der Waals surface area contributed by atoms with E-state index >= 15 is 0 Å². The highest BCUT2D eigenvalue weighted by atomic mass is 32.2. The maximum Gasteiger partial charge on any atom is 0.0191 e. The van der Waals surface area contributed by atoms with Crippen LogP contribution in [0.1, 0.15) is 13.8 Å². The van der Waals surface area contributed by atoms with Gasteiger partial charge in [-0.25, -0.2) is 0 Å². The first-order valence-corrected chi connectivity index (χ1v) is 5.90. The molecule has 0 aromatic carbocycles. The minimum atomic E-state index is 0.317. The molecule has 0 bridgehead atoms. The highest BCUT2D eigenvalue weighted by molar-refractivity contribution is 7.98. The average Bonchev–Trinajstić information content (AvgIpc) is 2.00. The van der Waals surface area contributed by atoms with E-state index in [1.54, 1.807) is 0 Å². The van der Waals surface area contributed by atoms with Crippen molar-refractivity contribution in [3.63, 3.8) is 0 Å². The Morgan fingerprint density at radius 3 is 2.42 bits per heavy atom. The van der Waals surface area contributed by atoms with Crippen molar-refractivity contribution in [2.45, 2.75) is 19.9 Å². The fraction of sp³-hybridized carbons (Fsp3) is 1.00. The van der Waals surface area contributed by atoms with Gasteiger partial charge in [-0.15, -0.1) is 0 Å². The molecule has 0 saturated carbocycles. The first kappa shape index (κ1) is 12.3. The summed E-state index contributed by atoms with van der Waals surface area (Å²) in [6.45, 7) is 6.50. The van der Waals surface area contributed by atoms with Gasteiger partial charge in [0.2, 0.25) is 0 Å². The number of rotatable bonds is 6. The highest BCUT2D eigenvalue weighted by Gasteiger charge is 2.09. The number of likely N-dealkylation sites (N-methyl/N-ethyl adjacent to an activating group) is 1. The van der Waals surface area contributed by atoms with Crippen LogP contribution >= 0.6 is 11.8 Å². The lowest BCUT2D eigenvalue weighted by Crippen LogP contribution is -2.39. The van der Waals surface area contributed by atoms with Gasteiger partial charge >= 0.3 is 0 Å². The summed E-state index contributed by atoms with van der Waals surface area (Å²) in [4.78, 5) is 2.31. The Hall–Kier alpha value is 0.270. The summed E-state index contributed by atoms with van der Waals surface area (Å²) < 4.78 is 0. The Balaban J connectivity index is 3.47. The van der Waals surface area contributed by atoms with Gasteiger partial charge in [0.05, 0.1) is 0 Å². The second kappa shape index (κ2) is 6.75. The Kier molecular flexibility index (Phi) is 6.90. The molecule has 0 radical (unpaired) electrons. The van der Waals surface area contributed by atoms with E-state index in [-0.39, 0.29) is 0 Å². The van der Waals surface area contributed by atoms with Crippen LogP contribution in [-0.2, 0) is 0 Å². The normalized spacial score (nSPS) is 14.2. The Morgan fingerprint density at radius 1 is 1.42 bits per heavy atom. The fourth-order valence-electron chi connectivity index (χ4n) is 0.909. The summed E-state index contributed by atoms with van der Waals surface area (Å²) in [7, 11) is 2.14. The van der Waals surface area contributed by atoms with E-state index < -0.39 is 0 Å². The third-order valence-electron chi connectivity index (χ3n) is 2.06. The average molecular weight is 190 g/mol. The highest BCUT2D eigenvalue weighted by Crippen LogP contribution is 2.01. The zero-order valence-corrected chi connectivity index (χ0v) is 9.53. The zero-order valence-electron chi connectivity index (χ0n) is 8.71. The summed E-state index contributed by atoms with van der Waals surface area (Å²) >= 11 is 1.88. The largest absolute Gasteiger partial charge is 0.326 e. The molecule has 0 aliphatic rings. The lowest BCUT2D eigenvalue weighted by Gasteiger charge is -2.23. The molecular formula is C9H22N2S. The summed E-state index contributed by atoms with van der Waals surface area (Å²) in [6, 6.07) is 0.317. The van der Waals surface area contributed by atoms with Crippen LogP contribution in [0, 0.1) is 5.92 Å². The van der Waals surface area contributed by atoms with E-state index in [0.29, 0.717) is 12.0 Å². The smallest absolute Gasteiger partial charge is 0.0191 e. The van der Waals surface area contributed by atoms with E-state index in [1.807, 2.05) is 11.8 Å². The predicted molar refractivity (Wildman–Crippen MR) is 58.7 cm³/mol. The molecule has 1 atom stereocenters. The van der Waals surface area contributed by atoms with Gasteiger partial charge in [0.25, 0.3) is 0 Å². The van der Waals surface area contributed by atoms with E-state index in [1.165, 1.54) is 5.75 Å². The van der Waals surface area contributed by atoms with Crippen LogP contribution in [0.25, 0.3) is 0 Å². The van der Waals surface area contributed by atoms with Crippen molar-refractivity contribution in [3.05, 3.63) is 0 Å². The molecule has 0 heterocycles. The monoisotopic (exact) mass is 190 g/mol. The predicted octanol–water partition coefficient (Wildman–Crippen LogP) is 1.26. The molecule has 0 amide bonds. The second-order valence-electron chi connectivity index (χ2n) is 3.66. The maximum atomic E-state index is 5.94. The van der Waals surface area contributed by atoms with Crippen LogP contribution in [-0.4, -0.2) is 43.1 Å². The number of thioether (sulfide) groups is 1. The summed E-state index contributed by atoms with van der Waals surface area (Å²) in [5, 5.41) is 0. The quantitative estimate of drug-likeness (QED) is 0.684. The van der Waals surface area contributed by atoms with E-state index in [9.17, 15) is 0 Å². The molecule has 0 rings (SSSR count). The molecule has 74 valence electrons. The topological polar surface area (TPSA) is 29.3 Å². The van der Waals surface area contributed by atoms with Gasteiger partial charge in [0.15, 0.2) is 0 Å². The van der Waals surface area contributed by atoms with E-state index in [4.69, 9.17) is 5.73 Å². The maximum absolute atomic E-state index is 5.94. The third-order valence-corrected chi connectivity index (χ3v) is 2.65. The molecule has 0 fully saturated rings. The summed E-state index contributed by atoms with van der Waals surface area (Å²) in [5.74, 6) is 1.78. The Labute approximate surface area is 80.9 Å². The number of hydrogen-bond donors (Lipinski definition) is 1. The second-order valence-corrected chi connectivity index (χ2v) is 4.65. The molecule has 12 heavy (non-hydrogen) atoms. The molecule has 3 heteroatoms. The first-order chi connectivity index (χ1) is 5.57. The number of nitrogens with zero attached hydrogens (tertiary/aromatic N) is 1. The van der Waals surface area contributed by atoms with Gasteiger partial charge in [-0.05, 0) is 19.2 Å². The Bertz CT molecular complexity index is 107. The molecule has 0 aromatic heterocycles. The third kappa shape index (κ3) is 5.86. The van der Waals surface area contributed by atoms with Crippen molar-refractivity contribution in [1.82, 2.24) is 4.90 Å². The lowest BCUT2D eigenvalue weighted by molar-refractivity contribution is 0.297. The molecule has 0 spiro atoms. The van der Waals surface area contributed by atoms with Crippen molar-refractivity contribution < 1.29 is 0 Å². The van der Waals surface area contributed by atoms with Gasteiger partial charge in [-0.2, -0.15) is 11.8 Å². The van der Waals surface area contributed by atoms with Crippen molar-refractivity contribution in [2.24, 2.45) is 11.7 Å². The van der Waals surface area contributed by atoms with Gasteiger partial charge < -0.3 is 10.6 Å². The SMILES string of the molecule is CSCCN(C)CC(N)C(C)C. The number of nitrogens with two attached hydrogens (primary N) is 1. The van der Waals surface area contributed by atoms with E-state index in [2.05, 4.69) is 32.1 Å². The molecule has 0 aromatic rings. The van der Waals surface area contributed by atoms with Gasteiger partial charge in [-0.1, -0.05) is 13.8 Å². The lowest BCUT2D eigenvalue weighted by atomic mass is 10.1. The molecule has 0 aliphatic carbocycles. The number of hydrogen-bond acceptors (Lipinski definition) is 3. The molecule has 0 saturated heterocycles. The first-order valence-electron chi connectivity index (χ1n) is 4.51. The minimum Gasteiger partial charge on any atom is -0.326 e. The van der Waals surface area contributed by atoms with Crippen molar-refractivity contribution in [1.29, 1.82) is 0 Å². The van der Waals surface area contributed by atoms with Gasteiger partial charge in [0, 0.05) is 24.9 Å². The van der Waals surface area contributed by atoms with Crippen LogP contribution in [0.4, 0.5) is 0 Å². The van der Waals surface area contributed by atoms with Crippen molar-refractivity contribution >= 4 is 11.8 Å². The van der Waals surface area contributed by atoms with Crippen molar-refractivity contribution in [2.75, 3.05) is 32.1 Å². The summed E-state index contributed by atoms with van der Waals surface area (Å²) in [5.41, 5.74) is 5.94. The fourth-order valence-corrected chi connectivity index (χ4v) is 1.40. The molecule has 0 aliphatic heterocycles. The Morgan fingerprint density at radius 2 is 2.00 bits per heavy atom. The standard InChI is InChI=1S/C9H22N2S/c1-8(2)9(10)7-11(3)5-6-12-4/h8-9H,5-7,10H2,1-4H3. The van der Waals surface area contributed by atoms with E-state index in [0.717, 1.165) is 13.1 Å². The molecule has 2 nitrogen and oxygen atoms in total.